The molecule has 170 valence electrons. The van der Waals surface area contributed by atoms with Crippen LogP contribution in [0.5, 0.6) is 17.2 Å². The Morgan fingerprint density at radius 1 is 1.06 bits per heavy atom. The fraction of sp³-hybridized carbons (Fsp3) is 0.143. The Bertz CT molecular complexity index is 1300. The molecule has 0 unspecified atom stereocenters. The highest BCUT2D eigenvalue weighted by Gasteiger charge is 2.18. The number of nitrogen functional groups attached to an aromatic ring is 1. The molecule has 0 spiro atoms. The molecule has 0 saturated carbocycles. The molecule has 0 aliphatic heterocycles. The number of nitro benzene ring substituents is 1. The summed E-state index contributed by atoms with van der Waals surface area (Å²) in [7, 11) is 4.63. The van der Waals surface area contributed by atoms with E-state index in [1.165, 1.54) is 41.9 Å². The molecule has 0 bridgehead atoms. The van der Waals surface area contributed by atoms with Crippen molar-refractivity contribution in [1.82, 2.24) is 9.97 Å². The molecule has 0 aliphatic carbocycles. The summed E-state index contributed by atoms with van der Waals surface area (Å²) < 4.78 is 16.1. The second kappa shape index (κ2) is 9.30. The van der Waals surface area contributed by atoms with E-state index in [2.05, 4.69) is 15.3 Å². The monoisotopic (exact) mass is 485 g/mol. The predicted octanol–water partition coefficient (Wildman–Crippen LogP) is 5.19. The van der Waals surface area contributed by atoms with Crippen molar-refractivity contribution in [1.29, 1.82) is 0 Å². The van der Waals surface area contributed by atoms with Crippen molar-refractivity contribution in [3.63, 3.8) is 0 Å². The third kappa shape index (κ3) is 4.52. The number of benzene rings is 2. The highest BCUT2D eigenvalue weighted by Crippen LogP contribution is 2.43. The molecule has 2 heterocycles. The third-order valence-corrected chi connectivity index (χ3v) is 6.60. The molecule has 0 fully saturated rings. The molecular weight excluding hydrogens is 466 g/mol. The minimum absolute atomic E-state index is 0.0104. The summed E-state index contributed by atoms with van der Waals surface area (Å²) in [5.41, 5.74) is 8.14. The van der Waals surface area contributed by atoms with Crippen molar-refractivity contribution >= 4 is 45.0 Å². The van der Waals surface area contributed by atoms with Crippen LogP contribution in [-0.4, -0.2) is 36.2 Å². The van der Waals surface area contributed by atoms with Gasteiger partial charge < -0.3 is 25.3 Å². The van der Waals surface area contributed by atoms with E-state index in [-0.39, 0.29) is 5.69 Å². The molecule has 33 heavy (non-hydrogen) atoms. The van der Waals surface area contributed by atoms with Gasteiger partial charge in [-0.3, -0.25) is 10.1 Å². The van der Waals surface area contributed by atoms with E-state index < -0.39 is 4.92 Å². The molecule has 4 rings (SSSR count). The van der Waals surface area contributed by atoms with Gasteiger partial charge in [-0.25, -0.2) is 9.97 Å². The first kappa shape index (κ1) is 22.3. The summed E-state index contributed by atoms with van der Waals surface area (Å²) in [6.45, 7) is 0. The Kier molecular flexibility index (Phi) is 6.29. The van der Waals surface area contributed by atoms with Gasteiger partial charge in [0.15, 0.2) is 16.6 Å². The maximum Gasteiger partial charge on any atom is 0.270 e. The number of nitrogens with zero attached hydrogens (tertiary/aromatic N) is 3. The SMILES string of the molecule is COc1cc(Nc2nc(N)c(-c3nc(-c4cccc([N+](=O)[O-])c4)cs3)s2)cc(OC)c1OC. The lowest BCUT2D eigenvalue weighted by atomic mass is 10.1. The lowest BCUT2D eigenvalue weighted by Crippen LogP contribution is -1.97. The summed E-state index contributed by atoms with van der Waals surface area (Å²) in [6.07, 6.45) is 0. The van der Waals surface area contributed by atoms with Crippen LogP contribution in [0.4, 0.5) is 22.3 Å². The number of ether oxygens (including phenoxy) is 3. The molecule has 12 heteroatoms. The summed E-state index contributed by atoms with van der Waals surface area (Å²) in [5.74, 6) is 1.83. The molecule has 0 radical (unpaired) electrons. The fourth-order valence-corrected chi connectivity index (χ4v) is 4.94. The Morgan fingerprint density at radius 3 is 2.42 bits per heavy atom. The molecule has 2 aromatic heterocycles. The first-order valence-corrected chi connectivity index (χ1v) is 11.2. The largest absolute Gasteiger partial charge is 0.493 e. The van der Waals surface area contributed by atoms with Gasteiger partial charge in [0.05, 0.1) is 31.9 Å². The number of hydrogen-bond donors (Lipinski definition) is 2. The van der Waals surface area contributed by atoms with Crippen molar-refractivity contribution in [2.45, 2.75) is 0 Å². The molecule has 4 aromatic rings. The van der Waals surface area contributed by atoms with E-state index in [4.69, 9.17) is 19.9 Å². The highest BCUT2D eigenvalue weighted by atomic mass is 32.1. The van der Waals surface area contributed by atoms with E-state index in [1.807, 2.05) is 5.38 Å². The van der Waals surface area contributed by atoms with Gasteiger partial charge in [0, 0.05) is 40.9 Å². The summed E-state index contributed by atoms with van der Waals surface area (Å²) in [5, 5.41) is 17.3. The van der Waals surface area contributed by atoms with E-state index in [0.717, 1.165) is 0 Å². The standard InChI is InChI=1S/C21H19N5O5S2/c1-29-15-8-12(9-16(30-2)17(15)31-3)23-21-25-19(22)18(33-21)20-24-14(10-32-20)11-5-4-6-13(7-11)26(27)28/h4-10H,22H2,1-3H3,(H,23,25). The molecule has 0 atom stereocenters. The highest BCUT2D eigenvalue weighted by molar-refractivity contribution is 7.23. The van der Waals surface area contributed by atoms with Gasteiger partial charge in [-0.15, -0.1) is 11.3 Å². The number of thiazole rings is 2. The van der Waals surface area contributed by atoms with E-state index in [9.17, 15) is 10.1 Å². The zero-order valence-corrected chi connectivity index (χ0v) is 19.5. The van der Waals surface area contributed by atoms with Crippen LogP contribution in [0.1, 0.15) is 0 Å². The van der Waals surface area contributed by atoms with Gasteiger partial charge in [-0.1, -0.05) is 23.5 Å². The number of nitrogens with one attached hydrogen (secondary N) is 1. The van der Waals surface area contributed by atoms with Crippen molar-refractivity contribution in [3.8, 4) is 38.4 Å². The van der Waals surface area contributed by atoms with Crippen LogP contribution in [-0.2, 0) is 0 Å². The van der Waals surface area contributed by atoms with Crippen molar-refractivity contribution in [2.75, 3.05) is 32.4 Å². The van der Waals surface area contributed by atoms with Crippen LogP contribution in [0.2, 0.25) is 0 Å². The number of anilines is 3. The van der Waals surface area contributed by atoms with Gasteiger partial charge in [-0.2, -0.15) is 0 Å². The van der Waals surface area contributed by atoms with Gasteiger partial charge >= 0.3 is 0 Å². The van der Waals surface area contributed by atoms with Crippen LogP contribution in [0.25, 0.3) is 21.1 Å². The van der Waals surface area contributed by atoms with Gasteiger partial charge in [-0.05, 0) is 0 Å². The topological polar surface area (TPSA) is 135 Å². The summed E-state index contributed by atoms with van der Waals surface area (Å²) >= 11 is 2.73. The van der Waals surface area contributed by atoms with Crippen LogP contribution in [0, 0.1) is 10.1 Å². The van der Waals surface area contributed by atoms with Gasteiger partial charge in [0.2, 0.25) is 5.75 Å². The second-order valence-corrected chi connectivity index (χ2v) is 8.47. The Balaban J connectivity index is 1.62. The van der Waals surface area contributed by atoms with Crippen molar-refractivity contribution in [3.05, 3.63) is 51.9 Å². The minimum atomic E-state index is -0.431. The van der Waals surface area contributed by atoms with Crippen LogP contribution < -0.4 is 25.3 Å². The lowest BCUT2D eigenvalue weighted by Gasteiger charge is -2.14. The Hall–Kier alpha value is -3.90. The number of non-ortho nitro benzene ring substituents is 1. The quantitative estimate of drug-likeness (QED) is 0.255. The maximum atomic E-state index is 11.1. The Labute approximate surface area is 196 Å². The first-order chi connectivity index (χ1) is 15.9. The van der Waals surface area contributed by atoms with E-state index in [1.54, 1.807) is 38.5 Å². The fourth-order valence-electron chi connectivity index (χ4n) is 3.10. The molecule has 0 saturated heterocycles. The van der Waals surface area contributed by atoms with Crippen LogP contribution in [0.3, 0.4) is 0 Å². The maximum absolute atomic E-state index is 11.1. The summed E-state index contributed by atoms with van der Waals surface area (Å²) in [4.78, 5) is 20.3. The first-order valence-electron chi connectivity index (χ1n) is 9.47. The number of nitrogens with two attached hydrogens (primary N) is 1. The third-order valence-electron chi connectivity index (χ3n) is 4.62. The van der Waals surface area contributed by atoms with Gasteiger partial charge in [0.1, 0.15) is 15.7 Å². The molecule has 3 N–H and O–H groups in total. The zero-order chi connectivity index (χ0) is 23.5. The molecule has 2 aromatic carbocycles. The molecule has 10 nitrogen and oxygen atoms in total. The smallest absolute Gasteiger partial charge is 0.270 e. The molecule has 0 aliphatic rings. The van der Waals surface area contributed by atoms with Crippen molar-refractivity contribution in [2.24, 2.45) is 0 Å². The molecular formula is C21H19N5O5S2. The number of methoxy groups -OCH3 is 3. The average molecular weight is 486 g/mol. The predicted molar refractivity (Wildman–Crippen MR) is 129 cm³/mol. The second-order valence-electron chi connectivity index (χ2n) is 6.62. The lowest BCUT2D eigenvalue weighted by molar-refractivity contribution is -0.384. The van der Waals surface area contributed by atoms with Crippen molar-refractivity contribution < 1.29 is 19.1 Å². The van der Waals surface area contributed by atoms with Crippen LogP contribution >= 0.6 is 22.7 Å². The minimum Gasteiger partial charge on any atom is -0.493 e. The normalized spacial score (nSPS) is 10.6. The number of aromatic nitrogens is 2. The van der Waals surface area contributed by atoms with Gasteiger partial charge in [0.25, 0.3) is 5.69 Å². The summed E-state index contributed by atoms with van der Waals surface area (Å²) in [6, 6.07) is 9.88. The van der Waals surface area contributed by atoms with E-state index >= 15 is 0 Å². The van der Waals surface area contributed by atoms with E-state index in [0.29, 0.717) is 55.0 Å². The zero-order valence-electron chi connectivity index (χ0n) is 17.8. The molecule has 0 amide bonds. The number of rotatable bonds is 8. The number of nitro groups is 1. The van der Waals surface area contributed by atoms with Crippen LogP contribution in [0.15, 0.2) is 41.8 Å². The Morgan fingerprint density at radius 2 is 1.79 bits per heavy atom. The number of hydrogen-bond acceptors (Lipinski definition) is 11. The average Bonchev–Trinajstić information content (AvgIpc) is 3.45.